The Hall–Kier alpha value is -1.40. The maximum absolute atomic E-state index is 11.3. The van der Waals surface area contributed by atoms with E-state index in [0.29, 0.717) is 10.9 Å². The molecule has 2 aromatic rings. The molecule has 2 aromatic heterocycles. The maximum Gasteiger partial charge on any atom is 0.271 e. The van der Waals surface area contributed by atoms with Gasteiger partial charge in [-0.15, -0.1) is 11.3 Å². The van der Waals surface area contributed by atoms with Gasteiger partial charge in [0.15, 0.2) is 10.9 Å². The Morgan fingerprint density at radius 2 is 2.17 bits per heavy atom. The van der Waals surface area contributed by atoms with Gasteiger partial charge in [-0.1, -0.05) is 32.4 Å². The molecule has 0 saturated carbocycles. The van der Waals surface area contributed by atoms with Gasteiger partial charge >= 0.3 is 0 Å². The van der Waals surface area contributed by atoms with Crippen molar-refractivity contribution in [3.05, 3.63) is 32.8 Å². The minimum absolute atomic E-state index is 0.0121. The predicted octanol–water partition coefficient (Wildman–Crippen LogP) is 2.92. The van der Waals surface area contributed by atoms with Crippen molar-refractivity contribution in [3.63, 3.8) is 0 Å². The van der Waals surface area contributed by atoms with Crippen LogP contribution in [0.4, 0.5) is 10.9 Å². The van der Waals surface area contributed by atoms with Crippen molar-refractivity contribution in [2.24, 2.45) is 0 Å². The summed E-state index contributed by atoms with van der Waals surface area (Å²) in [6.45, 7) is 6.26. The van der Waals surface area contributed by atoms with Gasteiger partial charge in [-0.2, -0.15) is 0 Å². The van der Waals surface area contributed by atoms with Gasteiger partial charge in [0, 0.05) is 10.8 Å². The summed E-state index contributed by atoms with van der Waals surface area (Å²) in [5.41, 5.74) is 0.597. The molecule has 0 spiro atoms. The third kappa shape index (κ3) is 2.70. The summed E-state index contributed by atoms with van der Waals surface area (Å²) in [4.78, 5) is 22.1. The van der Waals surface area contributed by atoms with Crippen molar-refractivity contribution in [2.75, 3.05) is 5.32 Å². The first-order valence-electron chi connectivity index (χ1n) is 5.34. The zero-order chi connectivity index (χ0) is 13.3. The van der Waals surface area contributed by atoms with E-state index in [-0.39, 0.29) is 16.0 Å². The zero-order valence-electron chi connectivity index (χ0n) is 10.2. The molecule has 0 aliphatic heterocycles. The molecule has 0 saturated heterocycles. The lowest BCUT2D eigenvalue weighted by Gasteiger charge is -2.14. The molecular weight excluding hydrogens is 272 g/mol. The van der Waals surface area contributed by atoms with E-state index in [1.807, 2.05) is 5.38 Å². The SMILES string of the molecule is CC(C)(C)c1csc(Nc2nc[nH]c(=O)c2Cl)n1. The molecule has 0 fully saturated rings. The highest BCUT2D eigenvalue weighted by atomic mass is 35.5. The van der Waals surface area contributed by atoms with Gasteiger partial charge in [0.1, 0.15) is 5.02 Å². The molecule has 18 heavy (non-hydrogen) atoms. The number of hydrogen-bond donors (Lipinski definition) is 2. The monoisotopic (exact) mass is 284 g/mol. The second kappa shape index (κ2) is 4.70. The third-order valence-electron chi connectivity index (χ3n) is 2.29. The van der Waals surface area contributed by atoms with E-state index in [0.717, 1.165) is 5.69 Å². The molecule has 0 amide bonds. The van der Waals surface area contributed by atoms with Crippen LogP contribution >= 0.6 is 22.9 Å². The minimum atomic E-state index is -0.373. The number of aromatic amines is 1. The number of thiazole rings is 1. The highest BCUT2D eigenvalue weighted by Crippen LogP contribution is 2.28. The lowest BCUT2D eigenvalue weighted by molar-refractivity contribution is 0.573. The lowest BCUT2D eigenvalue weighted by Crippen LogP contribution is -2.12. The topological polar surface area (TPSA) is 70.7 Å². The number of nitrogens with zero attached hydrogens (tertiary/aromatic N) is 2. The Balaban J connectivity index is 2.27. The van der Waals surface area contributed by atoms with E-state index in [4.69, 9.17) is 11.6 Å². The summed E-state index contributed by atoms with van der Waals surface area (Å²) in [7, 11) is 0. The highest BCUT2D eigenvalue weighted by Gasteiger charge is 2.18. The van der Waals surface area contributed by atoms with Crippen LogP contribution in [0.2, 0.25) is 5.02 Å². The van der Waals surface area contributed by atoms with Crippen molar-refractivity contribution >= 4 is 33.9 Å². The number of rotatable bonds is 2. The maximum atomic E-state index is 11.3. The van der Waals surface area contributed by atoms with Crippen LogP contribution in [0.15, 0.2) is 16.5 Å². The summed E-state index contributed by atoms with van der Waals surface area (Å²) in [5, 5.41) is 5.62. The average molecular weight is 285 g/mol. The first-order chi connectivity index (χ1) is 8.38. The normalized spacial score (nSPS) is 11.6. The fraction of sp³-hybridized carbons (Fsp3) is 0.364. The van der Waals surface area contributed by atoms with Crippen LogP contribution in [0.5, 0.6) is 0 Å². The molecule has 2 heterocycles. The number of anilines is 2. The summed E-state index contributed by atoms with van der Waals surface area (Å²) < 4.78 is 0. The molecule has 96 valence electrons. The number of H-pyrrole nitrogens is 1. The van der Waals surface area contributed by atoms with Crippen LogP contribution in [0.25, 0.3) is 0 Å². The Morgan fingerprint density at radius 1 is 1.44 bits per heavy atom. The van der Waals surface area contributed by atoms with Gasteiger partial charge in [0.05, 0.1) is 12.0 Å². The molecule has 0 radical (unpaired) electrons. The first kappa shape index (κ1) is 13.0. The minimum Gasteiger partial charge on any atom is -0.315 e. The standard InChI is InChI=1S/C11H13ClN4OS/c1-11(2,3)6-4-18-10(15-6)16-8-7(12)9(17)14-5-13-8/h4-5H,1-3H3,(H2,13,14,15,16,17). The zero-order valence-corrected chi connectivity index (χ0v) is 11.8. The first-order valence-corrected chi connectivity index (χ1v) is 6.60. The van der Waals surface area contributed by atoms with Crippen LogP contribution < -0.4 is 10.9 Å². The molecule has 2 N–H and O–H groups in total. The van der Waals surface area contributed by atoms with Gasteiger partial charge in [-0.25, -0.2) is 9.97 Å². The molecule has 7 heteroatoms. The molecule has 0 bridgehead atoms. The van der Waals surface area contributed by atoms with E-state index in [9.17, 15) is 4.79 Å². The smallest absolute Gasteiger partial charge is 0.271 e. The van der Waals surface area contributed by atoms with Gasteiger partial charge in [-0.3, -0.25) is 4.79 Å². The average Bonchev–Trinajstić information content (AvgIpc) is 2.73. The van der Waals surface area contributed by atoms with Crippen LogP contribution in [-0.4, -0.2) is 15.0 Å². The second-order valence-corrected chi connectivity index (χ2v) is 6.04. The molecule has 2 rings (SSSR count). The molecular formula is C11H13ClN4OS. The Morgan fingerprint density at radius 3 is 2.78 bits per heavy atom. The van der Waals surface area contributed by atoms with E-state index < -0.39 is 0 Å². The van der Waals surface area contributed by atoms with Crippen LogP contribution in [0, 0.1) is 0 Å². The van der Waals surface area contributed by atoms with Crippen LogP contribution in [-0.2, 0) is 5.41 Å². The second-order valence-electron chi connectivity index (χ2n) is 4.81. The van der Waals surface area contributed by atoms with Crippen molar-refractivity contribution in [2.45, 2.75) is 26.2 Å². The molecule has 0 atom stereocenters. The van der Waals surface area contributed by atoms with Crippen molar-refractivity contribution in [1.82, 2.24) is 15.0 Å². The van der Waals surface area contributed by atoms with Crippen molar-refractivity contribution < 1.29 is 0 Å². The Labute approximate surface area is 113 Å². The van der Waals surface area contributed by atoms with Crippen molar-refractivity contribution in [1.29, 1.82) is 0 Å². The van der Waals surface area contributed by atoms with Gasteiger partial charge < -0.3 is 10.3 Å². The molecule has 5 nitrogen and oxygen atoms in total. The summed E-state index contributed by atoms with van der Waals surface area (Å²) in [6.07, 6.45) is 1.30. The Bertz CT molecular complexity index is 614. The molecule has 0 unspecified atom stereocenters. The fourth-order valence-corrected chi connectivity index (χ4v) is 2.33. The van der Waals surface area contributed by atoms with E-state index in [1.54, 1.807) is 0 Å². The van der Waals surface area contributed by atoms with Gasteiger partial charge in [0.2, 0.25) is 0 Å². The number of halogens is 1. The summed E-state index contributed by atoms with van der Waals surface area (Å²) in [5.74, 6) is 0.315. The highest BCUT2D eigenvalue weighted by molar-refractivity contribution is 7.13. The quantitative estimate of drug-likeness (QED) is 0.889. The van der Waals surface area contributed by atoms with Gasteiger partial charge in [0.25, 0.3) is 5.56 Å². The van der Waals surface area contributed by atoms with E-state index in [1.165, 1.54) is 17.7 Å². The third-order valence-corrected chi connectivity index (χ3v) is 3.40. The molecule has 0 aliphatic rings. The summed E-state index contributed by atoms with van der Waals surface area (Å²) >= 11 is 7.30. The van der Waals surface area contributed by atoms with E-state index in [2.05, 4.69) is 41.0 Å². The Kier molecular flexibility index (Phi) is 3.41. The number of aromatic nitrogens is 3. The number of hydrogen-bond acceptors (Lipinski definition) is 5. The predicted molar refractivity (Wildman–Crippen MR) is 74.0 cm³/mol. The van der Waals surface area contributed by atoms with E-state index >= 15 is 0 Å². The summed E-state index contributed by atoms with van der Waals surface area (Å²) in [6, 6.07) is 0. The number of nitrogens with one attached hydrogen (secondary N) is 2. The lowest BCUT2D eigenvalue weighted by atomic mass is 9.93. The molecule has 0 aliphatic carbocycles. The largest absolute Gasteiger partial charge is 0.315 e. The van der Waals surface area contributed by atoms with Crippen LogP contribution in [0.3, 0.4) is 0 Å². The molecule has 0 aromatic carbocycles. The van der Waals surface area contributed by atoms with Crippen LogP contribution in [0.1, 0.15) is 26.5 Å². The fourth-order valence-electron chi connectivity index (χ4n) is 1.25. The van der Waals surface area contributed by atoms with Gasteiger partial charge in [-0.05, 0) is 0 Å². The van der Waals surface area contributed by atoms with Crippen molar-refractivity contribution in [3.8, 4) is 0 Å².